The Bertz CT molecular complexity index is 1100. The summed E-state index contributed by atoms with van der Waals surface area (Å²) in [6, 6.07) is 0. The molecule has 6 heteroatoms. The average Bonchev–Trinajstić information content (AvgIpc) is 3.21. The summed E-state index contributed by atoms with van der Waals surface area (Å²) in [6.07, 6.45) is 55.9. The number of hydrogen-bond acceptors (Lipinski definition) is 6. The summed E-state index contributed by atoms with van der Waals surface area (Å²) >= 11 is 0. The van der Waals surface area contributed by atoms with Crippen molar-refractivity contribution in [1.82, 2.24) is 0 Å². The molecule has 0 heterocycles. The first-order valence-electron chi connectivity index (χ1n) is 23.5. The van der Waals surface area contributed by atoms with Crippen LogP contribution in [-0.4, -0.2) is 37.2 Å². The number of ether oxygens (including phenoxy) is 3. The molecule has 6 nitrogen and oxygen atoms in total. The van der Waals surface area contributed by atoms with Crippen molar-refractivity contribution in [3.63, 3.8) is 0 Å². The third kappa shape index (κ3) is 43.8. The Balaban J connectivity index is 4.44. The molecule has 1 atom stereocenters. The summed E-state index contributed by atoms with van der Waals surface area (Å²) < 4.78 is 16.7. The minimum atomic E-state index is -0.791. The van der Waals surface area contributed by atoms with Crippen LogP contribution in [0.5, 0.6) is 0 Å². The maximum atomic E-state index is 12.7. The fraction of sp³-hybridized carbons (Fsp3) is 0.706. The second kappa shape index (κ2) is 45.6. The van der Waals surface area contributed by atoms with E-state index >= 15 is 0 Å². The third-order valence-corrected chi connectivity index (χ3v) is 9.83. The van der Waals surface area contributed by atoms with Crippen LogP contribution in [0.1, 0.15) is 213 Å². The van der Waals surface area contributed by atoms with E-state index in [-0.39, 0.29) is 31.1 Å². The van der Waals surface area contributed by atoms with Crippen LogP contribution in [0.15, 0.2) is 72.9 Å². The molecular formula is C51H86O6. The van der Waals surface area contributed by atoms with E-state index in [1.54, 1.807) is 0 Å². The van der Waals surface area contributed by atoms with E-state index in [9.17, 15) is 14.4 Å². The van der Waals surface area contributed by atoms with Crippen molar-refractivity contribution in [3.8, 4) is 0 Å². The normalized spacial score (nSPS) is 12.7. The van der Waals surface area contributed by atoms with Crippen molar-refractivity contribution in [1.29, 1.82) is 0 Å². The van der Waals surface area contributed by atoms with E-state index < -0.39 is 6.10 Å². The van der Waals surface area contributed by atoms with Crippen molar-refractivity contribution in [2.24, 2.45) is 0 Å². The van der Waals surface area contributed by atoms with Gasteiger partial charge in [0.25, 0.3) is 0 Å². The quantitative estimate of drug-likeness (QED) is 0.0265. The van der Waals surface area contributed by atoms with Gasteiger partial charge in [0.05, 0.1) is 0 Å². The van der Waals surface area contributed by atoms with Crippen LogP contribution in [-0.2, 0) is 28.6 Å². The Morgan fingerprint density at radius 1 is 0.368 bits per heavy atom. The molecule has 0 rings (SSSR count). The number of allylic oxidation sites excluding steroid dienone is 12. The van der Waals surface area contributed by atoms with Gasteiger partial charge in [-0.25, -0.2) is 0 Å². The fourth-order valence-corrected chi connectivity index (χ4v) is 6.32. The largest absolute Gasteiger partial charge is 0.462 e. The molecule has 0 spiro atoms. The highest BCUT2D eigenvalue weighted by atomic mass is 16.6. The third-order valence-electron chi connectivity index (χ3n) is 9.83. The predicted molar refractivity (Wildman–Crippen MR) is 242 cm³/mol. The lowest BCUT2D eigenvalue weighted by Crippen LogP contribution is -2.30. The maximum absolute atomic E-state index is 12.7. The average molecular weight is 795 g/mol. The second-order valence-electron chi connectivity index (χ2n) is 15.4. The van der Waals surface area contributed by atoms with Gasteiger partial charge in [-0.3, -0.25) is 14.4 Å². The molecule has 0 aliphatic heterocycles. The van der Waals surface area contributed by atoms with Crippen LogP contribution in [0, 0.1) is 0 Å². The maximum Gasteiger partial charge on any atom is 0.306 e. The molecule has 0 saturated carbocycles. The minimum Gasteiger partial charge on any atom is -0.462 e. The fourth-order valence-electron chi connectivity index (χ4n) is 6.32. The molecule has 0 aliphatic rings. The number of rotatable bonds is 41. The molecule has 57 heavy (non-hydrogen) atoms. The Morgan fingerprint density at radius 2 is 0.684 bits per heavy atom. The molecule has 0 saturated heterocycles. The molecule has 0 fully saturated rings. The molecule has 0 aromatic heterocycles. The Morgan fingerprint density at radius 3 is 1.05 bits per heavy atom. The zero-order valence-electron chi connectivity index (χ0n) is 37.1. The number of esters is 3. The lowest BCUT2D eigenvalue weighted by Gasteiger charge is -2.18. The molecule has 0 aliphatic carbocycles. The van der Waals surface area contributed by atoms with E-state index in [0.29, 0.717) is 19.3 Å². The van der Waals surface area contributed by atoms with Crippen LogP contribution in [0.4, 0.5) is 0 Å². The summed E-state index contributed by atoms with van der Waals surface area (Å²) in [4.78, 5) is 37.8. The van der Waals surface area contributed by atoms with Crippen molar-refractivity contribution >= 4 is 17.9 Å². The number of hydrogen-bond donors (Lipinski definition) is 0. The van der Waals surface area contributed by atoms with Gasteiger partial charge >= 0.3 is 17.9 Å². The number of carbonyl (C=O) groups is 3. The summed E-state index contributed by atoms with van der Waals surface area (Å²) in [5.74, 6) is -0.934. The van der Waals surface area contributed by atoms with E-state index in [2.05, 4.69) is 93.7 Å². The van der Waals surface area contributed by atoms with Crippen molar-refractivity contribution in [3.05, 3.63) is 72.9 Å². The topological polar surface area (TPSA) is 78.9 Å². The smallest absolute Gasteiger partial charge is 0.306 e. The van der Waals surface area contributed by atoms with E-state index in [1.807, 2.05) is 0 Å². The van der Waals surface area contributed by atoms with Gasteiger partial charge in [0.1, 0.15) is 13.2 Å². The van der Waals surface area contributed by atoms with Gasteiger partial charge in [-0.15, -0.1) is 0 Å². The van der Waals surface area contributed by atoms with E-state index in [0.717, 1.165) is 109 Å². The molecule has 0 amide bonds. The summed E-state index contributed by atoms with van der Waals surface area (Å²) in [7, 11) is 0. The van der Waals surface area contributed by atoms with Crippen molar-refractivity contribution in [2.75, 3.05) is 13.2 Å². The standard InChI is InChI=1S/C51H86O6/c1-4-7-10-13-16-19-22-25-28-31-34-37-40-43-49(52)55-46-48(57-51(54)45-42-39-36-33-30-27-24-21-18-15-12-9-6-3)47-56-50(53)44-41-38-35-32-29-26-23-20-17-14-11-8-5-2/h7,9-10,12-13,15-16,18-19,21-22,24,48H,4-6,8,11,14,17,20,23,25-47H2,1-3H3/b10-7+,12-9+,16-13+,18-15+,22-19+,24-21+. The molecule has 0 aromatic rings. The monoisotopic (exact) mass is 795 g/mol. The molecule has 0 N–H and O–H groups in total. The van der Waals surface area contributed by atoms with Crippen molar-refractivity contribution in [2.45, 2.75) is 219 Å². The summed E-state index contributed by atoms with van der Waals surface area (Å²) in [6.45, 7) is 6.32. The highest BCUT2D eigenvalue weighted by molar-refractivity contribution is 5.71. The zero-order chi connectivity index (χ0) is 41.5. The van der Waals surface area contributed by atoms with Crippen LogP contribution in [0.3, 0.4) is 0 Å². The second-order valence-corrected chi connectivity index (χ2v) is 15.4. The van der Waals surface area contributed by atoms with Gasteiger partial charge in [-0.2, -0.15) is 0 Å². The highest BCUT2D eigenvalue weighted by Crippen LogP contribution is 2.14. The Kier molecular flexibility index (Phi) is 43.0. The zero-order valence-corrected chi connectivity index (χ0v) is 37.1. The predicted octanol–water partition coefficient (Wildman–Crippen LogP) is 15.1. The van der Waals surface area contributed by atoms with Crippen LogP contribution >= 0.6 is 0 Å². The van der Waals surface area contributed by atoms with Crippen LogP contribution in [0.25, 0.3) is 0 Å². The van der Waals surface area contributed by atoms with E-state index in [4.69, 9.17) is 14.2 Å². The first-order chi connectivity index (χ1) is 28.0. The number of unbranched alkanes of at least 4 members (excludes halogenated alkanes) is 22. The highest BCUT2D eigenvalue weighted by Gasteiger charge is 2.19. The van der Waals surface area contributed by atoms with Gasteiger partial charge in [-0.05, 0) is 57.8 Å². The Hall–Kier alpha value is -3.15. The summed E-state index contributed by atoms with van der Waals surface area (Å²) in [5.41, 5.74) is 0. The number of carbonyl (C=O) groups excluding carboxylic acids is 3. The lowest BCUT2D eigenvalue weighted by atomic mass is 10.0. The van der Waals surface area contributed by atoms with Gasteiger partial charge in [0.15, 0.2) is 6.10 Å². The molecule has 0 radical (unpaired) electrons. The van der Waals surface area contributed by atoms with Crippen LogP contribution < -0.4 is 0 Å². The van der Waals surface area contributed by atoms with Gasteiger partial charge in [0, 0.05) is 19.3 Å². The van der Waals surface area contributed by atoms with Gasteiger partial charge in [0.2, 0.25) is 0 Å². The first-order valence-corrected chi connectivity index (χ1v) is 23.5. The molecule has 0 bridgehead atoms. The van der Waals surface area contributed by atoms with Crippen LogP contribution in [0.2, 0.25) is 0 Å². The SMILES string of the molecule is CC/C=C/C=C/C=C/CCCCCCCC(=O)OCC(COC(=O)CCCCCCCCCCCCCCC)OC(=O)CCCCCCC/C=C/C=C/C=C/CC. The lowest BCUT2D eigenvalue weighted by molar-refractivity contribution is -0.167. The summed E-state index contributed by atoms with van der Waals surface area (Å²) in [5, 5.41) is 0. The van der Waals surface area contributed by atoms with Crippen molar-refractivity contribution < 1.29 is 28.6 Å². The molecule has 1 unspecified atom stereocenters. The van der Waals surface area contributed by atoms with Gasteiger partial charge < -0.3 is 14.2 Å². The molecule has 0 aromatic carbocycles. The van der Waals surface area contributed by atoms with E-state index in [1.165, 1.54) is 64.2 Å². The minimum absolute atomic E-state index is 0.0897. The first kappa shape index (κ1) is 53.9. The Labute approximate surface area is 351 Å². The van der Waals surface area contributed by atoms with Gasteiger partial charge in [-0.1, -0.05) is 209 Å². The molecule has 326 valence electrons. The molecular weight excluding hydrogens is 709 g/mol.